The van der Waals surface area contributed by atoms with Crippen molar-refractivity contribution in [3.8, 4) is 5.75 Å². The molecule has 0 saturated carbocycles. The van der Waals surface area contributed by atoms with E-state index in [2.05, 4.69) is 31.1 Å². The van der Waals surface area contributed by atoms with Gasteiger partial charge in [-0.15, -0.1) is 0 Å². The number of benzene rings is 1. The lowest BCUT2D eigenvalue weighted by molar-refractivity contribution is 0.0697. The van der Waals surface area contributed by atoms with E-state index < -0.39 is 12.0 Å². The molecule has 27 heavy (non-hydrogen) atoms. The van der Waals surface area contributed by atoms with Crippen molar-refractivity contribution in [1.82, 2.24) is 9.88 Å². The number of amides is 2. The molecule has 0 bridgehead atoms. The number of para-hydroxylation sites is 1. The van der Waals surface area contributed by atoms with E-state index >= 15 is 0 Å². The Bertz CT molecular complexity index is 815. The van der Waals surface area contributed by atoms with Gasteiger partial charge in [0.25, 0.3) is 0 Å². The second-order valence-electron chi connectivity index (χ2n) is 7.17. The molecule has 1 heterocycles. The minimum absolute atomic E-state index is 0.0472. The lowest BCUT2D eigenvalue weighted by Gasteiger charge is -2.24. The van der Waals surface area contributed by atoms with Gasteiger partial charge in [0.1, 0.15) is 17.9 Å². The minimum atomic E-state index is -1.15. The van der Waals surface area contributed by atoms with Crippen LogP contribution < -0.4 is 10.1 Å². The van der Waals surface area contributed by atoms with Gasteiger partial charge in [0.05, 0.1) is 12.2 Å². The summed E-state index contributed by atoms with van der Waals surface area (Å²) in [6.45, 7) is 7.01. The summed E-state index contributed by atoms with van der Waals surface area (Å²) in [5, 5.41) is 11.7. The van der Waals surface area contributed by atoms with E-state index in [0.717, 1.165) is 11.3 Å². The molecule has 7 nitrogen and oxygen atoms in total. The number of carboxylic acids is 1. The Balaban J connectivity index is 1.94. The van der Waals surface area contributed by atoms with Crippen LogP contribution in [0.4, 0.5) is 10.5 Å². The van der Waals surface area contributed by atoms with Crippen molar-refractivity contribution >= 4 is 17.7 Å². The number of anilines is 1. The maximum absolute atomic E-state index is 12.3. The summed E-state index contributed by atoms with van der Waals surface area (Å²) in [6.07, 6.45) is 2.62. The average Bonchev–Trinajstić information content (AvgIpc) is 2.61. The second-order valence-corrected chi connectivity index (χ2v) is 7.17. The molecule has 0 aliphatic rings. The van der Waals surface area contributed by atoms with Gasteiger partial charge in [-0.05, 0) is 23.1 Å². The summed E-state index contributed by atoms with van der Waals surface area (Å²) in [5.41, 5.74) is 1.19. The fourth-order valence-corrected chi connectivity index (χ4v) is 2.49. The van der Waals surface area contributed by atoms with Gasteiger partial charge in [0.15, 0.2) is 0 Å². The summed E-state index contributed by atoms with van der Waals surface area (Å²) < 4.78 is 5.87. The number of carbonyl (C=O) groups excluding carboxylic acids is 1. The van der Waals surface area contributed by atoms with Crippen LogP contribution in [-0.2, 0) is 5.41 Å². The van der Waals surface area contributed by atoms with Gasteiger partial charge in [0, 0.05) is 19.4 Å². The fourth-order valence-electron chi connectivity index (χ4n) is 2.49. The Labute approximate surface area is 159 Å². The van der Waals surface area contributed by atoms with Gasteiger partial charge < -0.3 is 20.1 Å². The van der Waals surface area contributed by atoms with Crippen LogP contribution in [0.25, 0.3) is 0 Å². The third-order valence-electron chi connectivity index (χ3n) is 4.02. The van der Waals surface area contributed by atoms with Crippen molar-refractivity contribution < 1.29 is 19.4 Å². The van der Waals surface area contributed by atoms with Crippen molar-refractivity contribution in [1.29, 1.82) is 0 Å². The summed E-state index contributed by atoms with van der Waals surface area (Å²) in [4.78, 5) is 28.7. The second kappa shape index (κ2) is 8.53. The molecule has 0 spiro atoms. The molecular weight excluding hydrogens is 346 g/mol. The number of aromatic nitrogens is 1. The fraction of sp³-hybridized carbons (Fsp3) is 0.350. The highest BCUT2D eigenvalue weighted by Gasteiger charge is 2.19. The van der Waals surface area contributed by atoms with E-state index in [1.54, 1.807) is 7.05 Å². The standard InChI is InChI=1S/C20H25N3O4/c1-20(2,3)15-7-5-6-8-17(15)27-12-11-23(4)19(26)22-16-9-10-21-13-14(16)18(24)25/h5-10,13H,11-12H2,1-4H3,(H,24,25)(H,21,22,26). The zero-order valence-electron chi connectivity index (χ0n) is 16.0. The quantitative estimate of drug-likeness (QED) is 0.809. The molecule has 0 aliphatic heterocycles. The van der Waals surface area contributed by atoms with Crippen molar-refractivity contribution in [2.45, 2.75) is 26.2 Å². The molecule has 2 amide bonds. The topological polar surface area (TPSA) is 91.8 Å². The van der Waals surface area contributed by atoms with Gasteiger partial charge in [0.2, 0.25) is 0 Å². The summed E-state index contributed by atoms with van der Waals surface area (Å²) in [5.74, 6) is -0.357. The predicted molar refractivity (Wildman–Crippen MR) is 103 cm³/mol. The molecule has 1 aromatic carbocycles. The van der Waals surface area contributed by atoms with Crippen LogP contribution in [0, 0.1) is 0 Å². The number of aromatic carboxylic acids is 1. The van der Waals surface area contributed by atoms with Crippen LogP contribution in [0.1, 0.15) is 36.7 Å². The third-order valence-corrected chi connectivity index (χ3v) is 4.02. The first-order valence-corrected chi connectivity index (χ1v) is 8.62. The Morgan fingerprint density at radius 2 is 1.93 bits per heavy atom. The Morgan fingerprint density at radius 3 is 2.59 bits per heavy atom. The molecule has 1 aromatic heterocycles. The number of urea groups is 1. The minimum Gasteiger partial charge on any atom is -0.491 e. The first kappa shape index (κ1) is 20.2. The van der Waals surface area contributed by atoms with Gasteiger partial charge in [-0.25, -0.2) is 9.59 Å². The van der Waals surface area contributed by atoms with Crippen LogP contribution >= 0.6 is 0 Å². The Hall–Kier alpha value is -3.09. The molecule has 0 saturated heterocycles. The molecule has 2 aromatic rings. The SMILES string of the molecule is CN(CCOc1ccccc1C(C)(C)C)C(=O)Nc1ccncc1C(=O)O. The zero-order valence-corrected chi connectivity index (χ0v) is 16.0. The van der Waals surface area contributed by atoms with Gasteiger partial charge in [-0.1, -0.05) is 39.0 Å². The highest BCUT2D eigenvalue weighted by molar-refractivity contribution is 5.99. The van der Waals surface area contributed by atoms with Crippen LogP contribution in [0.2, 0.25) is 0 Å². The number of carboxylic acid groups (broad SMARTS) is 1. The average molecular weight is 371 g/mol. The Morgan fingerprint density at radius 1 is 1.22 bits per heavy atom. The smallest absolute Gasteiger partial charge is 0.339 e. The molecule has 0 atom stereocenters. The number of ether oxygens (including phenoxy) is 1. The van der Waals surface area contributed by atoms with Crippen LogP contribution in [0.5, 0.6) is 5.75 Å². The number of nitrogens with zero attached hydrogens (tertiary/aromatic N) is 2. The predicted octanol–water partition coefficient (Wildman–Crippen LogP) is 3.62. The number of nitrogens with one attached hydrogen (secondary N) is 1. The number of likely N-dealkylation sites (N-methyl/N-ethyl adjacent to an activating group) is 1. The molecule has 0 aliphatic carbocycles. The van der Waals surface area contributed by atoms with Gasteiger partial charge in [-0.2, -0.15) is 0 Å². The van der Waals surface area contributed by atoms with Crippen molar-refractivity contribution in [2.24, 2.45) is 0 Å². The molecule has 0 fully saturated rings. The largest absolute Gasteiger partial charge is 0.491 e. The van der Waals surface area contributed by atoms with Crippen molar-refractivity contribution in [3.63, 3.8) is 0 Å². The zero-order chi connectivity index (χ0) is 20.0. The lowest BCUT2D eigenvalue weighted by atomic mass is 9.86. The third kappa shape index (κ3) is 5.44. The normalized spacial score (nSPS) is 11.0. The lowest BCUT2D eigenvalue weighted by Crippen LogP contribution is -2.35. The summed E-state index contributed by atoms with van der Waals surface area (Å²) in [7, 11) is 1.62. The molecule has 7 heteroatoms. The van der Waals surface area contributed by atoms with E-state index in [9.17, 15) is 9.59 Å². The number of pyridine rings is 1. The maximum Gasteiger partial charge on any atom is 0.339 e. The van der Waals surface area contributed by atoms with Crippen LogP contribution in [0.3, 0.4) is 0 Å². The summed E-state index contributed by atoms with van der Waals surface area (Å²) >= 11 is 0. The molecule has 2 N–H and O–H groups in total. The number of rotatable bonds is 6. The number of carbonyl (C=O) groups is 2. The van der Waals surface area contributed by atoms with Crippen LogP contribution in [0.15, 0.2) is 42.7 Å². The maximum atomic E-state index is 12.3. The summed E-state index contributed by atoms with van der Waals surface area (Å²) in [6, 6.07) is 8.86. The molecular formula is C20H25N3O4. The first-order chi connectivity index (χ1) is 12.7. The van der Waals surface area contributed by atoms with E-state index in [4.69, 9.17) is 9.84 Å². The van der Waals surface area contributed by atoms with E-state index in [1.807, 2.05) is 24.3 Å². The molecule has 0 unspecified atom stereocenters. The monoisotopic (exact) mass is 371 g/mol. The first-order valence-electron chi connectivity index (χ1n) is 8.62. The van der Waals surface area contributed by atoms with Gasteiger partial charge >= 0.3 is 12.0 Å². The van der Waals surface area contributed by atoms with Crippen LogP contribution in [-0.4, -0.2) is 47.2 Å². The van der Waals surface area contributed by atoms with Crippen molar-refractivity contribution in [2.75, 3.05) is 25.5 Å². The Kier molecular flexibility index (Phi) is 6.39. The molecule has 144 valence electrons. The number of hydrogen-bond donors (Lipinski definition) is 2. The molecule has 0 radical (unpaired) electrons. The highest BCUT2D eigenvalue weighted by Crippen LogP contribution is 2.30. The van der Waals surface area contributed by atoms with E-state index in [1.165, 1.54) is 23.4 Å². The molecule has 2 rings (SSSR count). The highest BCUT2D eigenvalue weighted by atomic mass is 16.5. The van der Waals surface area contributed by atoms with Gasteiger partial charge in [-0.3, -0.25) is 4.98 Å². The number of hydrogen-bond acceptors (Lipinski definition) is 4. The van der Waals surface area contributed by atoms with E-state index in [-0.39, 0.29) is 16.7 Å². The van der Waals surface area contributed by atoms with Crippen molar-refractivity contribution in [3.05, 3.63) is 53.9 Å². The van der Waals surface area contributed by atoms with E-state index in [0.29, 0.717) is 13.2 Å².